The maximum Gasteiger partial charge on any atom is 0.365 e. The molecular formula is C11H18FNO9. The summed E-state index contributed by atoms with van der Waals surface area (Å²) in [5.74, 6) is -9.14. The molecule has 22 heavy (non-hydrogen) atoms. The van der Waals surface area contributed by atoms with Crippen molar-refractivity contribution in [2.45, 2.75) is 36.2 Å². The van der Waals surface area contributed by atoms with Gasteiger partial charge >= 0.3 is 5.97 Å². The van der Waals surface area contributed by atoms with Gasteiger partial charge in [0.2, 0.25) is 0 Å². The number of hydrogen-bond donors (Lipinski definition) is 7. The number of halogens is 1. The van der Waals surface area contributed by atoms with Crippen LogP contribution in [0.1, 0.15) is 0 Å². The number of alkyl halides is 1. The highest BCUT2D eigenvalue weighted by atomic mass is 19.1. The molecule has 0 amide bonds. The Bertz CT molecular complexity index is 436. The Kier molecular flexibility index (Phi) is 5.92. The number of hydrogen-bond acceptors (Lipinski definition) is 9. The van der Waals surface area contributed by atoms with E-state index in [0.717, 1.165) is 0 Å². The maximum absolute atomic E-state index is 12.5. The van der Waals surface area contributed by atoms with E-state index in [2.05, 4.69) is 0 Å². The molecule has 0 aromatic carbocycles. The van der Waals surface area contributed by atoms with Crippen molar-refractivity contribution in [2.24, 2.45) is 11.7 Å². The van der Waals surface area contributed by atoms with Gasteiger partial charge in [0.05, 0.1) is 18.8 Å². The Labute approximate surface area is 123 Å². The summed E-state index contributed by atoms with van der Waals surface area (Å²) in [6.45, 7) is -2.62. The topological polar surface area (TPSA) is 191 Å². The monoisotopic (exact) mass is 327 g/mol. The highest BCUT2D eigenvalue weighted by Crippen LogP contribution is 2.35. The summed E-state index contributed by atoms with van der Waals surface area (Å²) in [4.78, 5) is 22.6. The van der Waals surface area contributed by atoms with E-state index in [0.29, 0.717) is 0 Å². The smallest absolute Gasteiger partial charge is 0.365 e. The molecule has 0 saturated carbocycles. The molecule has 10 nitrogen and oxygen atoms in total. The van der Waals surface area contributed by atoms with Gasteiger partial charge in [-0.2, -0.15) is 0 Å². The van der Waals surface area contributed by atoms with Crippen LogP contribution in [0.2, 0.25) is 0 Å². The molecule has 1 aliphatic heterocycles. The molecule has 0 aliphatic carbocycles. The van der Waals surface area contributed by atoms with Crippen LogP contribution in [-0.2, 0) is 14.3 Å². The molecule has 8 N–H and O–H groups in total. The van der Waals surface area contributed by atoms with Crippen molar-refractivity contribution in [3.63, 3.8) is 0 Å². The lowest BCUT2D eigenvalue weighted by Crippen LogP contribution is -2.71. The normalized spacial score (nSPS) is 38.3. The van der Waals surface area contributed by atoms with E-state index in [9.17, 15) is 34.4 Å². The zero-order valence-corrected chi connectivity index (χ0v) is 11.2. The Balaban J connectivity index is 3.22. The van der Waals surface area contributed by atoms with Crippen molar-refractivity contribution in [3.05, 3.63) is 0 Å². The van der Waals surface area contributed by atoms with Gasteiger partial charge in [-0.1, -0.05) is 0 Å². The van der Waals surface area contributed by atoms with Crippen LogP contribution < -0.4 is 5.73 Å². The Morgan fingerprint density at radius 3 is 2.32 bits per heavy atom. The summed E-state index contributed by atoms with van der Waals surface area (Å²) in [7, 11) is 0. The van der Waals surface area contributed by atoms with E-state index in [1.165, 1.54) is 0 Å². The first-order valence-electron chi connectivity index (χ1n) is 6.24. The van der Waals surface area contributed by atoms with E-state index in [4.69, 9.17) is 20.7 Å². The van der Waals surface area contributed by atoms with Gasteiger partial charge in [-0.15, -0.1) is 0 Å². The number of aliphatic hydroxyl groups excluding tert-OH is 4. The largest absolute Gasteiger partial charge is 0.477 e. The molecule has 1 saturated heterocycles. The number of nitrogens with two attached hydrogens (primary N) is 1. The van der Waals surface area contributed by atoms with Crippen LogP contribution in [-0.4, -0.2) is 91.9 Å². The van der Waals surface area contributed by atoms with Crippen molar-refractivity contribution < 1.29 is 49.4 Å². The predicted octanol–water partition coefficient (Wildman–Crippen LogP) is -4.28. The van der Waals surface area contributed by atoms with Gasteiger partial charge in [0.1, 0.15) is 30.9 Å². The van der Waals surface area contributed by atoms with Crippen LogP contribution >= 0.6 is 0 Å². The number of rotatable bonds is 6. The Morgan fingerprint density at radius 1 is 1.36 bits per heavy atom. The molecule has 11 heteroatoms. The second-order valence-electron chi connectivity index (χ2n) is 4.97. The van der Waals surface area contributed by atoms with E-state index >= 15 is 0 Å². The summed E-state index contributed by atoms with van der Waals surface area (Å²) in [5.41, 5.74) is 5.51. The van der Waals surface area contributed by atoms with Gasteiger partial charge in [-0.25, -0.2) is 9.18 Å². The highest BCUT2D eigenvalue weighted by molar-refractivity contribution is 5.90. The van der Waals surface area contributed by atoms with Crippen molar-refractivity contribution in [1.29, 1.82) is 0 Å². The number of carbonyl (C=O) groups is 2. The molecule has 1 fully saturated rings. The molecule has 2 unspecified atom stereocenters. The average molecular weight is 327 g/mol. The molecule has 0 bridgehead atoms. The molecule has 0 aromatic heterocycles. The molecule has 0 spiro atoms. The standard InChI is InChI=1S/C11H18FNO9/c12-1-3(15)5-8(18)6(13)9(7(17)4(16)2-14)22-11(5,21)10(19)20/h4-9,14,16-18,21H,1-2,13H2,(H,19,20)/t4-,5?,6-,7-,8+,9-,11?/m1/s1. The predicted molar refractivity (Wildman–Crippen MR) is 65.0 cm³/mol. The summed E-state index contributed by atoms with van der Waals surface area (Å²) in [6, 6.07) is -1.63. The maximum atomic E-state index is 12.5. The fraction of sp³-hybridized carbons (Fsp3) is 0.818. The first kappa shape index (κ1) is 18.8. The minimum atomic E-state index is -3.35. The van der Waals surface area contributed by atoms with Gasteiger partial charge in [0.15, 0.2) is 5.78 Å². The van der Waals surface area contributed by atoms with Gasteiger partial charge in [-0.05, 0) is 0 Å². The number of ketones is 1. The fourth-order valence-corrected chi connectivity index (χ4v) is 2.31. The van der Waals surface area contributed by atoms with E-state index in [1.807, 2.05) is 0 Å². The zero-order chi connectivity index (χ0) is 17.2. The minimum absolute atomic E-state index is 0.942. The van der Waals surface area contributed by atoms with Crippen LogP contribution in [0, 0.1) is 5.92 Å². The Hall–Kier alpha value is -1.21. The lowest BCUT2D eigenvalue weighted by atomic mass is 9.79. The highest BCUT2D eigenvalue weighted by Gasteiger charge is 2.61. The van der Waals surface area contributed by atoms with Gasteiger partial charge < -0.3 is 41.1 Å². The molecule has 0 aromatic rings. The molecule has 0 radical (unpaired) electrons. The van der Waals surface area contributed by atoms with Crippen molar-refractivity contribution in [2.75, 3.05) is 13.3 Å². The number of carbonyl (C=O) groups excluding carboxylic acids is 1. The van der Waals surface area contributed by atoms with Crippen LogP contribution in [0.3, 0.4) is 0 Å². The van der Waals surface area contributed by atoms with Crippen molar-refractivity contribution in [3.8, 4) is 0 Å². The third-order valence-electron chi connectivity index (χ3n) is 3.56. The molecule has 1 heterocycles. The number of carboxylic acids is 1. The third kappa shape index (κ3) is 3.10. The van der Waals surface area contributed by atoms with Gasteiger partial charge in [0.25, 0.3) is 5.79 Å². The summed E-state index contributed by atoms with van der Waals surface area (Å²) >= 11 is 0. The number of carboxylic acid groups (broad SMARTS) is 1. The second-order valence-corrected chi connectivity index (χ2v) is 4.97. The van der Waals surface area contributed by atoms with Gasteiger partial charge in [-0.3, -0.25) is 4.79 Å². The fourth-order valence-electron chi connectivity index (χ4n) is 2.31. The summed E-state index contributed by atoms with van der Waals surface area (Å²) in [6.07, 6.45) is -7.68. The van der Waals surface area contributed by atoms with Crippen molar-refractivity contribution >= 4 is 11.8 Å². The van der Waals surface area contributed by atoms with Crippen molar-refractivity contribution in [1.82, 2.24) is 0 Å². The number of aliphatic carboxylic acids is 1. The van der Waals surface area contributed by atoms with Crippen LogP contribution in [0.15, 0.2) is 0 Å². The van der Waals surface area contributed by atoms with Crippen LogP contribution in [0.25, 0.3) is 0 Å². The van der Waals surface area contributed by atoms with E-state index in [-0.39, 0.29) is 0 Å². The second kappa shape index (κ2) is 6.91. The quantitative estimate of drug-likeness (QED) is 0.251. The lowest BCUT2D eigenvalue weighted by molar-refractivity contribution is -0.311. The number of Topliss-reactive ketones (excluding diaryl/α,β-unsaturated/α-hetero) is 1. The Morgan fingerprint density at radius 2 is 1.91 bits per heavy atom. The van der Waals surface area contributed by atoms with Crippen LogP contribution in [0.4, 0.5) is 4.39 Å². The van der Waals surface area contributed by atoms with E-state index < -0.39 is 67.2 Å². The van der Waals surface area contributed by atoms with E-state index in [1.54, 1.807) is 0 Å². The average Bonchev–Trinajstić information content (AvgIpc) is 2.48. The van der Waals surface area contributed by atoms with Crippen LogP contribution in [0.5, 0.6) is 0 Å². The summed E-state index contributed by atoms with van der Waals surface area (Å²) < 4.78 is 17.2. The molecule has 128 valence electrons. The molecular weight excluding hydrogens is 309 g/mol. The third-order valence-corrected chi connectivity index (χ3v) is 3.56. The first-order chi connectivity index (χ1) is 10.1. The number of ether oxygens (including phenoxy) is 1. The minimum Gasteiger partial charge on any atom is -0.477 e. The molecule has 7 atom stereocenters. The van der Waals surface area contributed by atoms with Gasteiger partial charge in [0, 0.05) is 0 Å². The zero-order valence-electron chi connectivity index (χ0n) is 11.2. The number of aliphatic hydroxyl groups is 5. The SMILES string of the molecule is N[C@H]1[C@H]([C@H](O)[C@H](O)CO)OC(O)(C(=O)O)C(C(=O)CF)[C@@H]1O. The molecule has 1 rings (SSSR count). The lowest BCUT2D eigenvalue weighted by Gasteiger charge is -2.47. The first-order valence-corrected chi connectivity index (χ1v) is 6.24. The molecule has 1 aliphatic rings. The summed E-state index contributed by atoms with van der Waals surface area (Å²) in [5, 5.41) is 56.8.